The van der Waals surface area contributed by atoms with Crippen LogP contribution < -0.4 is 10.6 Å². The summed E-state index contributed by atoms with van der Waals surface area (Å²) in [7, 11) is 0. The van der Waals surface area contributed by atoms with E-state index in [0.717, 1.165) is 12.8 Å². The van der Waals surface area contributed by atoms with Crippen molar-refractivity contribution >= 4 is 23.4 Å². The third-order valence-electron chi connectivity index (χ3n) is 6.58. The van der Waals surface area contributed by atoms with Crippen molar-refractivity contribution in [3.63, 3.8) is 0 Å². The quantitative estimate of drug-likeness (QED) is 0.631. The first-order valence-electron chi connectivity index (χ1n) is 9.78. The Labute approximate surface area is 162 Å². The standard InChI is InChI=1S/C20H23N3O5/c1-10(24)16-14-15(18(26)23(17(14)25)9-11-5-4-8-28-11)20(22-16)12-6-2-3-7-13(12)21-19(20)27/h2-3,6-7,10-11,14-16,22,24H,4-5,8-9H2,1H3,(H,21,27)/t10-,11-,14-,15-,16-,20-/m0/s1. The first-order chi connectivity index (χ1) is 13.4. The molecule has 0 saturated carbocycles. The van der Waals surface area contributed by atoms with E-state index in [2.05, 4.69) is 10.6 Å². The molecule has 6 atom stereocenters. The van der Waals surface area contributed by atoms with Crippen LogP contribution in [0.5, 0.6) is 0 Å². The van der Waals surface area contributed by atoms with Crippen LogP contribution in [0.25, 0.3) is 0 Å². The number of anilines is 1. The number of hydrogen-bond donors (Lipinski definition) is 3. The molecule has 0 bridgehead atoms. The number of carbonyl (C=O) groups excluding carboxylic acids is 3. The second-order valence-electron chi connectivity index (χ2n) is 8.14. The number of aliphatic hydroxyl groups excluding tert-OH is 1. The molecule has 28 heavy (non-hydrogen) atoms. The van der Waals surface area contributed by atoms with E-state index in [9.17, 15) is 19.5 Å². The van der Waals surface area contributed by atoms with Gasteiger partial charge in [0.1, 0.15) is 5.54 Å². The Bertz CT molecular complexity index is 865. The molecular weight excluding hydrogens is 362 g/mol. The van der Waals surface area contributed by atoms with Crippen molar-refractivity contribution in [3.8, 4) is 0 Å². The van der Waals surface area contributed by atoms with Crippen LogP contribution in [0.1, 0.15) is 25.3 Å². The van der Waals surface area contributed by atoms with E-state index in [0.29, 0.717) is 17.9 Å². The predicted octanol–water partition coefficient (Wildman–Crippen LogP) is -0.0332. The van der Waals surface area contributed by atoms with E-state index in [4.69, 9.17) is 4.74 Å². The molecule has 8 heteroatoms. The van der Waals surface area contributed by atoms with Crippen molar-refractivity contribution in [1.82, 2.24) is 10.2 Å². The summed E-state index contributed by atoms with van der Waals surface area (Å²) in [6.07, 6.45) is 0.654. The zero-order valence-electron chi connectivity index (χ0n) is 15.6. The first-order valence-corrected chi connectivity index (χ1v) is 9.78. The minimum atomic E-state index is -1.35. The number of para-hydroxylation sites is 1. The molecule has 0 aliphatic carbocycles. The van der Waals surface area contributed by atoms with Gasteiger partial charge in [-0.2, -0.15) is 0 Å². The maximum Gasteiger partial charge on any atom is 0.250 e. The third kappa shape index (κ3) is 2.19. The summed E-state index contributed by atoms with van der Waals surface area (Å²) >= 11 is 0. The molecule has 4 aliphatic heterocycles. The molecule has 4 aliphatic rings. The van der Waals surface area contributed by atoms with Gasteiger partial charge < -0.3 is 15.2 Å². The number of fused-ring (bicyclic) bond motifs is 4. The Hall–Kier alpha value is -2.29. The van der Waals surface area contributed by atoms with E-state index in [1.807, 2.05) is 6.07 Å². The summed E-state index contributed by atoms with van der Waals surface area (Å²) < 4.78 is 5.61. The van der Waals surface area contributed by atoms with Crippen LogP contribution in [0.3, 0.4) is 0 Å². The van der Waals surface area contributed by atoms with Crippen LogP contribution in [0.15, 0.2) is 24.3 Å². The number of benzene rings is 1. The van der Waals surface area contributed by atoms with E-state index in [-0.39, 0.29) is 30.4 Å². The normalized spacial score (nSPS) is 37.5. The number of nitrogens with zero attached hydrogens (tertiary/aromatic N) is 1. The van der Waals surface area contributed by atoms with E-state index in [1.54, 1.807) is 25.1 Å². The van der Waals surface area contributed by atoms with Gasteiger partial charge in [0.25, 0.3) is 0 Å². The van der Waals surface area contributed by atoms with Gasteiger partial charge in [0, 0.05) is 23.9 Å². The van der Waals surface area contributed by atoms with Crippen molar-refractivity contribution in [2.75, 3.05) is 18.5 Å². The third-order valence-corrected chi connectivity index (χ3v) is 6.58. The summed E-state index contributed by atoms with van der Waals surface area (Å²) in [4.78, 5) is 41.0. The molecule has 3 N–H and O–H groups in total. The number of aliphatic hydroxyl groups is 1. The maximum absolute atomic E-state index is 13.4. The largest absolute Gasteiger partial charge is 0.392 e. The summed E-state index contributed by atoms with van der Waals surface area (Å²) in [5, 5.41) is 16.4. The van der Waals surface area contributed by atoms with Gasteiger partial charge in [0.2, 0.25) is 17.7 Å². The van der Waals surface area contributed by atoms with Crippen LogP contribution >= 0.6 is 0 Å². The second-order valence-corrected chi connectivity index (χ2v) is 8.14. The van der Waals surface area contributed by atoms with Crippen LogP contribution in [-0.2, 0) is 24.7 Å². The number of ether oxygens (including phenoxy) is 1. The molecule has 0 unspecified atom stereocenters. The molecule has 1 aromatic rings. The molecule has 5 rings (SSSR count). The minimum absolute atomic E-state index is 0.162. The Balaban J connectivity index is 1.59. The number of hydrogen-bond acceptors (Lipinski definition) is 6. The van der Waals surface area contributed by atoms with E-state index in [1.165, 1.54) is 4.90 Å². The minimum Gasteiger partial charge on any atom is -0.392 e. The Morgan fingerprint density at radius 1 is 1.29 bits per heavy atom. The summed E-state index contributed by atoms with van der Waals surface area (Å²) in [6, 6.07) is 6.50. The highest BCUT2D eigenvalue weighted by Crippen LogP contribution is 2.53. The highest BCUT2D eigenvalue weighted by molar-refractivity contribution is 6.15. The van der Waals surface area contributed by atoms with Gasteiger partial charge in [0.05, 0.1) is 30.6 Å². The summed E-state index contributed by atoms with van der Waals surface area (Å²) in [6.45, 7) is 2.41. The van der Waals surface area contributed by atoms with Gasteiger partial charge >= 0.3 is 0 Å². The van der Waals surface area contributed by atoms with Crippen LogP contribution in [0.4, 0.5) is 5.69 Å². The van der Waals surface area contributed by atoms with Crippen molar-refractivity contribution in [1.29, 1.82) is 0 Å². The lowest BCUT2D eigenvalue weighted by Gasteiger charge is -2.30. The van der Waals surface area contributed by atoms with E-state index < -0.39 is 29.5 Å². The van der Waals surface area contributed by atoms with Crippen molar-refractivity contribution in [2.24, 2.45) is 11.8 Å². The Kier molecular flexibility index (Phi) is 3.88. The average molecular weight is 385 g/mol. The molecule has 0 aromatic heterocycles. The fourth-order valence-corrected chi connectivity index (χ4v) is 5.33. The van der Waals surface area contributed by atoms with E-state index >= 15 is 0 Å². The van der Waals surface area contributed by atoms with Crippen molar-refractivity contribution in [2.45, 2.75) is 43.6 Å². The van der Waals surface area contributed by atoms with Crippen molar-refractivity contribution < 1.29 is 24.2 Å². The molecule has 3 saturated heterocycles. The van der Waals surface area contributed by atoms with Gasteiger partial charge in [-0.15, -0.1) is 0 Å². The zero-order chi connectivity index (χ0) is 19.6. The predicted molar refractivity (Wildman–Crippen MR) is 98.0 cm³/mol. The molecule has 1 spiro atoms. The first kappa shape index (κ1) is 17.8. The highest BCUT2D eigenvalue weighted by atomic mass is 16.5. The van der Waals surface area contributed by atoms with Crippen LogP contribution in [-0.4, -0.2) is 59.1 Å². The average Bonchev–Trinajstić information content (AvgIpc) is 3.41. The van der Waals surface area contributed by atoms with Crippen molar-refractivity contribution in [3.05, 3.63) is 29.8 Å². The van der Waals surface area contributed by atoms with Gasteiger partial charge in [-0.1, -0.05) is 18.2 Å². The fourth-order valence-electron chi connectivity index (χ4n) is 5.33. The fraction of sp³-hybridized carbons (Fsp3) is 0.550. The SMILES string of the molecule is C[C@H](O)[C@@H]1N[C@]2(C(=O)Nc3ccccc32)[C@@H]2C(=O)N(C[C@@H]3CCCO3)C(=O)[C@H]12. The topological polar surface area (TPSA) is 108 Å². The molecule has 0 radical (unpaired) electrons. The van der Waals surface area contributed by atoms with Crippen LogP contribution in [0.2, 0.25) is 0 Å². The molecule has 1 aromatic carbocycles. The molecular formula is C20H23N3O5. The number of carbonyl (C=O) groups is 3. The van der Waals surface area contributed by atoms with Crippen LogP contribution in [0, 0.1) is 11.8 Å². The number of rotatable bonds is 3. The summed E-state index contributed by atoms with van der Waals surface area (Å²) in [5.74, 6) is -2.73. The molecule has 148 valence electrons. The van der Waals surface area contributed by atoms with Gasteiger partial charge in [-0.25, -0.2) is 0 Å². The molecule has 4 heterocycles. The smallest absolute Gasteiger partial charge is 0.250 e. The molecule has 3 amide bonds. The lowest BCUT2D eigenvalue weighted by atomic mass is 9.76. The Morgan fingerprint density at radius 2 is 2.07 bits per heavy atom. The lowest BCUT2D eigenvalue weighted by molar-refractivity contribution is -0.144. The van der Waals surface area contributed by atoms with Gasteiger partial charge in [-0.3, -0.25) is 24.6 Å². The Morgan fingerprint density at radius 3 is 2.79 bits per heavy atom. The highest BCUT2D eigenvalue weighted by Gasteiger charge is 2.71. The second kappa shape index (κ2) is 6.10. The zero-order valence-corrected chi connectivity index (χ0v) is 15.6. The molecule has 8 nitrogen and oxygen atoms in total. The maximum atomic E-state index is 13.4. The number of amides is 3. The van der Waals surface area contributed by atoms with Gasteiger partial charge in [-0.05, 0) is 25.8 Å². The van der Waals surface area contributed by atoms with Gasteiger partial charge in [0.15, 0.2) is 0 Å². The molecule has 3 fully saturated rings. The monoisotopic (exact) mass is 385 g/mol. The summed E-state index contributed by atoms with van der Waals surface area (Å²) in [5.41, 5.74) is -0.0675. The number of imide groups is 1. The number of likely N-dealkylation sites (tertiary alicyclic amines) is 1. The lowest BCUT2D eigenvalue weighted by Crippen LogP contribution is -2.55. The number of nitrogens with one attached hydrogen (secondary N) is 2.